The van der Waals surface area contributed by atoms with Crippen LogP contribution >= 0.6 is 0 Å². The maximum absolute atomic E-state index is 12.2. The molecule has 1 N–H and O–H groups in total. The van der Waals surface area contributed by atoms with E-state index in [1.165, 1.54) is 11.0 Å². The van der Waals surface area contributed by atoms with Gasteiger partial charge >= 0.3 is 0 Å². The monoisotopic (exact) mass is 327 g/mol. The van der Waals surface area contributed by atoms with E-state index in [0.29, 0.717) is 17.8 Å². The highest BCUT2D eigenvalue weighted by molar-refractivity contribution is 6.01. The zero-order valence-electron chi connectivity index (χ0n) is 14.1. The van der Waals surface area contributed by atoms with Gasteiger partial charge in [-0.2, -0.15) is 0 Å². The first kappa shape index (κ1) is 17.4. The first-order valence-corrected chi connectivity index (χ1v) is 7.56. The third kappa shape index (κ3) is 3.87. The Balaban J connectivity index is 1.96. The van der Waals surface area contributed by atoms with Crippen LogP contribution in [0, 0.1) is 0 Å². The lowest BCUT2D eigenvalue weighted by molar-refractivity contribution is -0.113. The van der Waals surface area contributed by atoms with Crippen molar-refractivity contribution in [1.29, 1.82) is 0 Å². The lowest BCUT2D eigenvalue weighted by Crippen LogP contribution is -2.28. The number of hydrogen-bond donors (Lipinski definition) is 1. The van der Waals surface area contributed by atoms with Crippen LogP contribution in [0.15, 0.2) is 43.2 Å². The number of nitrogens with one attached hydrogen (secondary N) is 1. The summed E-state index contributed by atoms with van der Waals surface area (Å²) in [5.74, 6) is 0.491. The van der Waals surface area contributed by atoms with Gasteiger partial charge in [-0.1, -0.05) is 13.5 Å². The lowest BCUT2D eigenvalue weighted by atomic mass is 10.1. The van der Waals surface area contributed by atoms with Crippen LogP contribution in [0.2, 0.25) is 0 Å². The second-order valence-corrected chi connectivity index (χ2v) is 5.56. The molecule has 0 radical (unpaired) electrons. The molecule has 1 atom stereocenters. The Labute approximate surface area is 141 Å². The minimum atomic E-state index is -0.204. The highest BCUT2D eigenvalue weighted by atomic mass is 16.2. The van der Waals surface area contributed by atoms with E-state index in [9.17, 15) is 9.59 Å². The molecule has 0 aliphatic carbocycles. The summed E-state index contributed by atoms with van der Waals surface area (Å²) in [6.07, 6.45) is 2.88. The number of aryl methyl sites for hydroxylation is 1. The standard InChI is InChI=1S/C17H21N5O2/c1-5-15(23)22(4)14-8-6-13(7-9-14)17(24)18-10-12(2)16-20-19-11-21(16)3/h5-9,11-12H,1,10H2,2-4H3,(H,18,24). The van der Waals surface area contributed by atoms with Gasteiger partial charge in [0.15, 0.2) is 0 Å². The number of nitrogens with zero attached hydrogens (tertiary/aromatic N) is 4. The maximum Gasteiger partial charge on any atom is 0.251 e. The van der Waals surface area contributed by atoms with Gasteiger partial charge < -0.3 is 14.8 Å². The third-order valence-electron chi connectivity index (χ3n) is 3.78. The molecule has 2 aromatic rings. The molecule has 7 heteroatoms. The first-order valence-electron chi connectivity index (χ1n) is 7.56. The molecule has 1 aromatic heterocycles. The molecule has 2 rings (SSSR count). The predicted molar refractivity (Wildman–Crippen MR) is 91.8 cm³/mol. The molecule has 0 fully saturated rings. The average molecular weight is 327 g/mol. The summed E-state index contributed by atoms with van der Waals surface area (Å²) in [6, 6.07) is 6.82. The number of carbonyl (C=O) groups is 2. The Morgan fingerprint density at radius 3 is 2.58 bits per heavy atom. The number of hydrogen-bond acceptors (Lipinski definition) is 4. The van der Waals surface area contributed by atoms with Crippen LogP contribution in [-0.2, 0) is 11.8 Å². The predicted octanol–water partition coefficient (Wildman–Crippen LogP) is 1.50. The molecule has 0 aliphatic rings. The quantitative estimate of drug-likeness (QED) is 0.815. The van der Waals surface area contributed by atoms with Crippen LogP contribution in [0.25, 0.3) is 0 Å². The van der Waals surface area contributed by atoms with Crippen molar-refractivity contribution in [2.45, 2.75) is 12.8 Å². The molecule has 1 heterocycles. The number of carbonyl (C=O) groups excluding carboxylic acids is 2. The minimum absolute atomic E-state index is 0.0528. The Kier molecular flexibility index (Phi) is 5.47. The minimum Gasteiger partial charge on any atom is -0.351 e. The first-order chi connectivity index (χ1) is 11.4. The van der Waals surface area contributed by atoms with Gasteiger partial charge in [0.2, 0.25) is 5.91 Å². The zero-order chi connectivity index (χ0) is 17.7. The number of amides is 2. The van der Waals surface area contributed by atoms with Gasteiger partial charge in [-0.05, 0) is 30.3 Å². The van der Waals surface area contributed by atoms with Crippen molar-refractivity contribution >= 4 is 17.5 Å². The van der Waals surface area contributed by atoms with Crippen molar-refractivity contribution in [1.82, 2.24) is 20.1 Å². The Morgan fingerprint density at radius 1 is 1.38 bits per heavy atom. The van der Waals surface area contributed by atoms with Crippen LogP contribution in [-0.4, -0.2) is 40.2 Å². The van der Waals surface area contributed by atoms with Crippen molar-refractivity contribution in [3.63, 3.8) is 0 Å². The fraction of sp³-hybridized carbons (Fsp3) is 0.294. The fourth-order valence-electron chi connectivity index (χ4n) is 2.28. The molecule has 0 bridgehead atoms. The van der Waals surface area contributed by atoms with E-state index in [0.717, 1.165) is 5.82 Å². The van der Waals surface area contributed by atoms with Gasteiger partial charge in [0.1, 0.15) is 12.2 Å². The molecule has 0 saturated carbocycles. The number of aromatic nitrogens is 3. The Hall–Kier alpha value is -2.96. The SMILES string of the molecule is C=CC(=O)N(C)c1ccc(C(=O)NCC(C)c2nncn2C)cc1. The second kappa shape index (κ2) is 7.54. The summed E-state index contributed by atoms with van der Waals surface area (Å²) in [4.78, 5) is 25.3. The summed E-state index contributed by atoms with van der Waals surface area (Å²) in [7, 11) is 3.52. The number of anilines is 1. The Bertz CT molecular complexity index is 736. The van der Waals surface area contributed by atoms with Crippen LogP contribution in [0.4, 0.5) is 5.69 Å². The zero-order valence-corrected chi connectivity index (χ0v) is 14.1. The van der Waals surface area contributed by atoms with E-state index >= 15 is 0 Å². The molecule has 1 aromatic carbocycles. The van der Waals surface area contributed by atoms with Gasteiger partial charge in [0.05, 0.1) is 0 Å². The Morgan fingerprint density at radius 2 is 2.04 bits per heavy atom. The summed E-state index contributed by atoms with van der Waals surface area (Å²) in [6.45, 7) is 5.89. The van der Waals surface area contributed by atoms with Gasteiger partial charge in [0, 0.05) is 37.8 Å². The van der Waals surface area contributed by atoms with Gasteiger partial charge in [0.25, 0.3) is 5.91 Å². The number of likely N-dealkylation sites (N-methyl/N-ethyl adjacent to an activating group) is 1. The van der Waals surface area contributed by atoms with Crippen LogP contribution in [0.5, 0.6) is 0 Å². The smallest absolute Gasteiger partial charge is 0.251 e. The topological polar surface area (TPSA) is 80.1 Å². The van der Waals surface area contributed by atoms with Crippen molar-refractivity contribution in [3.05, 3.63) is 54.6 Å². The maximum atomic E-state index is 12.2. The van der Waals surface area contributed by atoms with E-state index in [1.807, 2.05) is 18.5 Å². The molecule has 1 unspecified atom stereocenters. The van der Waals surface area contributed by atoms with Gasteiger partial charge in [-0.25, -0.2) is 0 Å². The molecular formula is C17H21N5O2. The number of rotatable bonds is 6. The van der Waals surface area contributed by atoms with Crippen molar-refractivity contribution in [3.8, 4) is 0 Å². The molecule has 24 heavy (non-hydrogen) atoms. The molecule has 0 aliphatic heterocycles. The summed E-state index contributed by atoms with van der Waals surface area (Å²) in [5, 5.41) is 10.8. The van der Waals surface area contributed by atoms with Crippen molar-refractivity contribution < 1.29 is 9.59 Å². The second-order valence-electron chi connectivity index (χ2n) is 5.56. The van der Waals surface area contributed by atoms with E-state index in [4.69, 9.17) is 0 Å². The molecule has 126 valence electrons. The third-order valence-corrected chi connectivity index (χ3v) is 3.78. The van der Waals surface area contributed by atoms with Crippen LogP contribution < -0.4 is 10.2 Å². The molecule has 0 saturated heterocycles. The largest absolute Gasteiger partial charge is 0.351 e. The van der Waals surface area contributed by atoms with Gasteiger partial charge in [-0.15, -0.1) is 10.2 Å². The highest BCUT2D eigenvalue weighted by Crippen LogP contribution is 2.15. The summed E-state index contributed by atoms with van der Waals surface area (Å²) < 4.78 is 1.83. The summed E-state index contributed by atoms with van der Waals surface area (Å²) in [5.41, 5.74) is 1.23. The molecular weight excluding hydrogens is 306 g/mol. The average Bonchev–Trinajstić information content (AvgIpc) is 3.04. The molecule has 2 amide bonds. The molecule has 0 spiro atoms. The molecule has 7 nitrogen and oxygen atoms in total. The van der Waals surface area contributed by atoms with E-state index < -0.39 is 0 Å². The van der Waals surface area contributed by atoms with E-state index in [-0.39, 0.29) is 17.7 Å². The van der Waals surface area contributed by atoms with E-state index in [1.54, 1.807) is 37.6 Å². The van der Waals surface area contributed by atoms with Crippen molar-refractivity contribution in [2.75, 3.05) is 18.5 Å². The van der Waals surface area contributed by atoms with E-state index in [2.05, 4.69) is 22.1 Å². The van der Waals surface area contributed by atoms with Gasteiger partial charge in [-0.3, -0.25) is 9.59 Å². The number of benzene rings is 1. The highest BCUT2D eigenvalue weighted by Gasteiger charge is 2.14. The lowest BCUT2D eigenvalue weighted by Gasteiger charge is -2.16. The van der Waals surface area contributed by atoms with Crippen molar-refractivity contribution in [2.24, 2.45) is 7.05 Å². The van der Waals surface area contributed by atoms with Crippen LogP contribution in [0.1, 0.15) is 29.0 Å². The normalized spacial score (nSPS) is 11.6. The fourth-order valence-corrected chi connectivity index (χ4v) is 2.28. The summed E-state index contributed by atoms with van der Waals surface area (Å²) >= 11 is 0. The van der Waals surface area contributed by atoms with Crippen LogP contribution in [0.3, 0.4) is 0 Å².